The van der Waals surface area contributed by atoms with Gasteiger partial charge in [-0.25, -0.2) is 0 Å². The molecule has 17 heavy (non-hydrogen) atoms. The Kier molecular flexibility index (Phi) is 5.84. The minimum absolute atomic E-state index is 0.226. The molecule has 0 fully saturated rings. The lowest BCUT2D eigenvalue weighted by molar-refractivity contribution is 0.158. The van der Waals surface area contributed by atoms with Crippen molar-refractivity contribution in [2.45, 2.75) is 20.3 Å². The Morgan fingerprint density at radius 3 is 2.18 bits per heavy atom. The minimum Gasteiger partial charge on any atom is -0.497 e. The van der Waals surface area contributed by atoms with E-state index in [4.69, 9.17) is 9.47 Å². The van der Waals surface area contributed by atoms with Gasteiger partial charge in [-0.15, -0.1) is 0 Å². The molecule has 96 valence electrons. The van der Waals surface area contributed by atoms with Crippen LogP contribution >= 0.6 is 0 Å². The van der Waals surface area contributed by atoms with Gasteiger partial charge < -0.3 is 14.6 Å². The SMILES string of the molecule is COc1ccc(OCCC(CO)C(C)C)cc1. The molecule has 0 aliphatic carbocycles. The molecule has 0 aliphatic heterocycles. The monoisotopic (exact) mass is 238 g/mol. The summed E-state index contributed by atoms with van der Waals surface area (Å²) in [5, 5.41) is 9.19. The van der Waals surface area contributed by atoms with Crippen molar-refractivity contribution in [1.29, 1.82) is 0 Å². The van der Waals surface area contributed by atoms with Crippen molar-refractivity contribution < 1.29 is 14.6 Å². The molecule has 0 amide bonds. The zero-order valence-corrected chi connectivity index (χ0v) is 10.8. The summed E-state index contributed by atoms with van der Waals surface area (Å²) < 4.78 is 10.7. The second kappa shape index (κ2) is 7.17. The summed E-state index contributed by atoms with van der Waals surface area (Å²) in [4.78, 5) is 0. The van der Waals surface area contributed by atoms with Crippen molar-refractivity contribution in [2.75, 3.05) is 20.3 Å². The first-order valence-electron chi connectivity index (χ1n) is 6.05. The molecule has 0 saturated heterocycles. The maximum Gasteiger partial charge on any atom is 0.119 e. The fraction of sp³-hybridized carbons (Fsp3) is 0.571. The molecule has 0 bridgehead atoms. The lowest BCUT2D eigenvalue weighted by Crippen LogP contribution is -2.16. The van der Waals surface area contributed by atoms with Crippen molar-refractivity contribution in [1.82, 2.24) is 0 Å². The molecule has 1 atom stereocenters. The normalized spacial score (nSPS) is 12.5. The van der Waals surface area contributed by atoms with Gasteiger partial charge in [0.1, 0.15) is 11.5 Å². The third-order valence-corrected chi connectivity index (χ3v) is 2.99. The van der Waals surface area contributed by atoms with Gasteiger partial charge in [0, 0.05) is 6.61 Å². The average molecular weight is 238 g/mol. The van der Waals surface area contributed by atoms with Crippen molar-refractivity contribution in [3.63, 3.8) is 0 Å². The van der Waals surface area contributed by atoms with E-state index in [9.17, 15) is 5.11 Å². The van der Waals surface area contributed by atoms with Crippen LogP contribution in [0.3, 0.4) is 0 Å². The van der Waals surface area contributed by atoms with Crippen LogP contribution < -0.4 is 9.47 Å². The Morgan fingerprint density at radius 2 is 1.71 bits per heavy atom. The van der Waals surface area contributed by atoms with Crippen LogP contribution in [0.4, 0.5) is 0 Å². The van der Waals surface area contributed by atoms with Crippen LogP contribution in [0.2, 0.25) is 0 Å². The molecule has 0 radical (unpaired) electrons. The highest BCUT2D eigenvalue weighted by atomic mass is 16.5. The summed E-state index contributed by atoms with van der Waals surface area (Å²) in [6, 6.07) is 7.53. The molecule has 0 saturated carbocycles. The number of aliphatic hydroxyl groups excluding tert-OH is 1. The second-order valence-electron chi connectivity index (χ2n) is 4.50. The van der Waals surface area contributed by atoms with Crippen molar-refractivity contribution in [3.05, 3.63) is 24.3 Å². The fourth-order valence-electron chi connectivity index (χ4n) is 1.64. The summed E-state index contributed by atoms with van der Waals surface area (Å²) in [6.07, 6.45) is 0.875. The standard InChI is InChI=1S/C14H22O3/c1-11(2)12(10-15)8-9-17-14-6-4-13(16-3)5-7-14/h4-7,11-12,15H,8-10H2,1-3H3. The van der Waals surface area contributed by atoms with E-state index in [1.165, 1.54) is 0 Å². The van der Waals surface area contributed by atoms with E-state index < -0.39 is 0 Å². The van der Waals surface area contributed by atoms with Gasteiger partial charge >= 0.3 is 0 Å². The Bertz CT molecular complexity index is 306. The molecule has 1 rings (SSSR count). The topological polar surface area (TPSA) is 38.7 Å². The molecule has 0 heterocycles. The zero-order valence-electron chi connectivity index (χ0n) is 10.8. The molecular weight excluding hydrogens is 216 g/mol. The molecule has 1 unspecified atom stereocenters. The van der Waals surface area contributed by atoms with E-state index in [2.05, 4.69) is 13.8 Å². The number of rotatable bonds is 7. The summed E-state index contributed by atoms with van der Waals surface area (Å²) in [5.74, 6) is 2.46. The van der Waals surface area contributed by atoms with Crippen LogP contribution in [-0.2, 0) is 0 Å². The minimum atomic E-state index is 0.226. The van der Waals surface area contributed by atoms with Gasteiger partial charge in [0.15, 0.2) is 0 Å². The van der Waals surface area contributed by atoms with Gasteiger partial charge in [0.25, 0.3) is 0 Å². The van der Waals surface area contributed by atoms with Gasteiger partial charge in [-0.05, 0) is 42.5 Å². The number of hydrogen-bond donors (Lipinski definition) is 1. The number of hydrogen-bond acceptors (Lipinski definition) is 3. The van der Waals surface area contributed by atoms with Crippen LogP contribution in [0.1, 0.15) is 20.3 Å². The lowest BCUT2D eigenvalue weighted by atomic mass is 9.94. The van der Waals surface area contributed by atoms with E-state index in [1.54, 1.807) is 7.11 Å². The van der Waals surface area contributed by atoms with E-state index in [-0.39, 0.29) is 6.61 Å². The Labute approximate surface area is 103 Å². The molecule has 0 aromatic heterocycles. The van der Waals surface area contributed by atoms with Crippen LogP contribution in [0.15, 0.2) is 24.3 Å². The van der Waals surface area contributed by atoms with Gasteiger partial charge in [-0.3, -0.25) is 0 Å². The third-order valence-electron chi connectivity index (χ3n) is 2.99. The predicted molar refractivity (Wildman–Crippen MR) is 68.5 cm³/mol. The quantitative estimate of drug-likeness (QED) is 0.793. The third kappa shape index (κ3) is 4.65. The Morgan fingerprint density at radius 1 is 1.12 bits per heavy atom. The Balaban J connectivity index is 2.34. The summed E-state index contributed by atoms with van der Waals surface area (Å²) >= 11 is 0. The van der Waals surface area contributed by atoms with Gasteiger partial charge in [-0.2, -0.15) is 0 Å². The van der Waals surface area contributed by atoms with Crippen molar-refractivity contribution >= 4 is 0 Å². The smallest absolute Gasteiger partial charge is 0.119 e. The highest BCUT2D eigenvalue weighted by Crippen LogP contribution is 2.19. The molecule has 1 aromatic carbocycles. The van der Waals surface area contributed by atoms with Crippen LogP contribution in [0, 0.1) is 11.8 Å². The second-order valence-corrected chi connectivity index (χ2v) is 4.50. The zero-order chi connectivity index (χ0) is 12.7. The summed E-state index contributed by atoms with van der Waals surface area (Å²) in [7, 11) is 1.64. The molecule has 0 aliphatic rings. The number of aliphatic hydroxyl groups is 1. The number of ether oxygens (including phenoxy) is 2. The number of methoxy groups -OCH3 is 1. The van der Waals surface area contributed by atoms with E-state index in [1.807, 2.05) is 24.3 Å². The summed E-state index contributed by atoms with van der Waals surface area (Å²) in [5.41, 5.74) is 0. The maximum absolute atomic E-state index is 9.19. The Hall–Kier alpha value is -1.22. The molecule has 0 spiro atoms. The van der Waals surface area contributed by atoms with Crippen molar-refractivity contribution in [2.24, 2.45) is 11.8 Å². The highest BCUT2D eigenvalue weighted by Gasteiger charge is 2.11. The van der Waals surface area contributed by atoms with Crippen LogP contribution in [0.25, 0.3) is 0 Å². The van der Waals surface area contributed by atoms with E-state index in [0.717, 1.165) is 17.9 Å². The molecule has 3 nitrogen and oxygen atoms in total. The van der Waals surface area contributed by atoms with Gasteiger partial charge in [0.2, 0.25) is 0 Å². The molecule has 1 N–H and O–H groups in total. The van der Waals surface area contributed by atoms with Crippen molar-refractivity contribution in [3.8, 4) is 11.5 Å². The van der Waals surface area contributed by atoms with Gasteiger partial charge in [-0.1, -0.05) is 13.8 Å². The predicted octanol–water partition coefficient (Wildman–Crippen LogP) is 2.73. The highest BCUT2D eigenvalue weighted by molar-refractivity contribution is 5.31. The molecular formula is C14H22O3. The average Bonchev–Trinajstić information content (AvgIpc) is 2.35. The lowest BCUT2D eigenvalue weighted by Gasteiger charge is -2.18. The first-order valence-corrected chi connectivity index (χ1v) is 6.05. The van der Waals surface area contributed by atoms with E-state index >= 15 is 0 Å². The first-order chi connectivity index (χ1) is 8.17. The van der Waals surface area contributed by atoms with Crippen LogP contribution in [-0.4, -0.2) is 25.4 Å². The van der Waals surface area contributed by atoms with Crippen LogP contribution in [0.5, 0.6) is 11.5 Å². The first kappa shape index (κ1) is 13.8. The largest absolute Gasteiger partial charge is 0.497 e. The van der Waals surface area contributed by atoms with Gasteiger partial charge in [0.05, 0.1) is 13.7 Å². The maximum atomic E-state index is 9.19. The van der Waals surface area contributed by atoms with E-state index in [0.29, 0.717) is 18.4 Å². The summed E-state index contributed by atoms with van der Waals surface area (Å²) in [6.45, 7) is 5.10. The fourth-order valence-corrected chi connectivity index (χ4v) is 1.64. The molecule has 3 heteroatoms. The number of benzene rings is 1. The molecule has 1 aromatic rings.